The van der Waals surface area contributed by atoms with Gasteiger partial charge in [-0.3, -0.25) is 14.5 Å². The standard InChI is InChI=1S/C23H23F3N4O4/c1-2-30-17-13-29(10-9-18(31)27-12-16-4-3-11-34-16)21(32)19(17)20(28-22(30)33)14-5-7-15(8-6-14)23(24,25)26/h3-8,11,20H,2,9-10,12-13H2,1H3,(H,27,31)(H,28,33). The lowest BCUT2D eigenvalue weighted by molar-refractivity contribution is -0.137. The average Bonchev–Trinajstić information content (AvgIpc) is 3.43. The van der Waals surface area contributed by atoms with Crippen LogP contribution in [-0.4, -0.2) is 47.3 Å². The zero-order chi connectivity index (χ0) is 24.5. The zero-order valence-electron chi connectivity index (χ0n) is 18.3. The van der Waals surface area contributed by atoms with Crippen molar-refractivity contribution < 1.29 is 32.0 Å². The maximum absolute atomic E-state index is 13.2. The molecule has 34 heavy (non-hydrogen) atoms. The Bertz CT molecular complexity index is 1110. The second-order valence-corrected chi connectivity index (χ2v) is 7.94. The third-order valence-corrected chi connectivity index (χ3v) is 5.83. The molecule has 0 radical (unpaired) electrons. The van der Waals surface area contributed by atoms with Crippen LogP contribution in [0, 0.1) is 0 Å². The molecular weight excluding hydrogens is 453 g/mol. The summed E-state index contributed by atoms with van der Waals surface area (Å²) in [5.74, 6) is -0.0302. The highest BCUT2D eigenvalue weighted by atomic mass is 19.4. The van der Waals surface area contributed by atoms with E-state index < -0.39 is 23.8 Å². The lowest BCUT2D eigenvalue weighted by Crippen LogP contribution is -2.47. The van der Waals surface area contributed by atoms with Crippen LogP contribution in [0.2, 0.25) is 0 Å². The number of halogens is 3. The highest BCUT2D eigenvalue weighted by Crippen LogP contribution is 2.37. The number of nitrogens with one attached hydrogen (secondary N) is 2. The Labute approximate surface area is 193 Å². The summed E-state index contributed by atoms with van der Waals surface area (Å²) in [4.78, 5) is 41.0. The first-order valence-corrected chi connectivity index (χ1v) is 10.8. The van der Waals surface area contributed by atoms with Gasteiger partial charge in [0, 0.05) is 19.5 Å². The minimum atomic E-state index is -4.49. The summed E-state index contributed by atoms with van der Waals surface area (Å²) in [5, 5.41) is 5.44. The number of nitrogens with zero attached hydrogens (tertiary/aromatic N) is 2. The molecule has 1 aromatic carbocycles. The van der Waals surface area contributed by atoms with Crippen molar-refractivity contribution in [2.75, 3.05) is 19.6 Å². The number of rotatable bonds is 7. The van der Waals surface area contributed by atoms with Crippen LogP contribution in [0.4, 0.5) is 18.0 Å². The fourth-order valence-electron chi connectivity index (χ4n) is 4.10. The number of carbonyl (C=O) groups is 3. The summed E-state index contributed by atoms with van der Waals surface area (Å²) in [6.45, 7) is 2.57. The molecule has 0 spiro atoms. The van der Waals surface area contributed by atoms with Crippen LogP contribution in [0.1, 0.15) is 36.3 Å². The normalized spacial score (nSPS) is 18.3. The van der Waals surface area contributed by atoms with Crippen LogP contribution in [0.15, 0.2) is 58.3 Å². The van der Waals surface area contributed by atoms with E-state index in [1.165, 1.54) is 28.2 Å². The zero-order valence-corrected chi connectivity index (χ0v) is 18.3. The Hall–Kier alpha value is -3.76. The first-order chi connectivity index (χ1) is 16.2. The number of carbonyl (C=O) groups excluding carboxylic acids is 3. The summed E-state index contributed by atoms with van der Waals surface area (Å²) >= 11 is 0. The Balaban J connectivity index is 1.49. The smallest absolute Gasteiger partial charge is 0.416 e. The van der Waals surface area contributed by atoms with Crippen LogP contribution < -0.4 is 10.6 Å². The molecule has 8 nitrogen and oxygen atoms in total. The molecule has 4 rings (SSSR count). The number of urea groups is 1. The molecule has 0 aliphatic carbocycles. The first kappa shape index (κ1) is 23.4. The van der Waals surface area contributed by atoms with E-state index in [-0.39, 0.29) is 37.9 Å². The summed E-state index contributed by atoms with van der Waals surface area (Å²) in [6, 6.07) is 6.50. The summed E-state index contributed by atoms with van der Waals surface area (Å²) in [6.07, 6.45) is -2.94. The molecular formula is C23H23F3N4O4. The lowest BCUT2D eigenvalue weighted by Gasteiger charge is -2.33. The van der Waals surface area contributed by atoms with Gasteiger partial charge in [0.25, 0.3) is 5.91 Å². The van der Waals surface area contributed by atoms with Crippen molar-refractivity contribution in [2.45, 2.75) is 32.1 Å². The summed E-state index contributed by atoms with van der Waals surface area (Å²) < 4.78 is 44.0. The Morgan fingerprint density at radius 1 is 1.21 bits per heavy atom. The number of benzene rings is 1. The van der Waals surface area contributed by atoms with Crippen molar-refractivity contribution in [3.63, 3.8) is 0 Å². The van der Waals surface area contributed by atoms with Gasteiger partial charge in [0.1, 0.15) is 5.76 Å². The SMILES string of the molecule is CCN1C(=O)NC(c2ccc(C(F)(F)F)cc2)C2=C1CN(CCC(=O)NCc1ccco1)C2=O. The van der Waals surface area contributed by atoms with E-state index in [9.17, 15) is 27.6 Å². The largest absolute Gasteiger partial charge is 0.467 e. The molecule has 0 saturated heterocycles. The third kappa shape index (κ3) is 4.63. The van der Waals surface area contributed by atoms with Gasteiger partial charge >= 0.3 is 12.2 Å². The molecule has 2 aromatic rings. The molecule has 11 heteroatoms. The highest BCUT2D eigenvalue weighted by molar-refractivity contribution is 6.01. The molecule has 2 aliphatic rings. The fourth-order valence-corrected chi connectivity index (χ4v) is 4.10. The maximum atomic E-state index is 13.2. The third-order valence-electron chi connectivity index (χ3n) is 5.83. The topological polar surface area (TPSA) is 94.9 Å². The lowest BCUT2D eigenvalue weighted by atomic mass is 9.94. The number of alkyl halides is 3. The van der Waals surface area contributed by atoms with E-state index in [1.807, 2.05) is 0 Å². The maximum Gasteiger partial charge on any atom is 0.416 e. The Morgan fingerprint density at radius 3 is 2.56 bits per heavy atom. The van der Waals surface area contributed by atoms with Gasteiger partial charge in [0.15, 0.2) is 0 Å². The Kier molecular flexibility index (Phi) is 6.36. The van der Waals surface area contributed by atoms with E-state index in [0.29, 0.717) is 29.1 Å². The van der Waals surface area contributed by atoms with Gasteiger partial charge in [-0.1, -0.05) is 12.1 Å². The molecule has 2 N–H and O–H groups in total. The van der Waals surface area contributed by atoms with Crippen molar-refractivity contribution in [1.82, 2.24) is 20.4 Å². The minimum Gasteiger partial charge on any atom is -0.467 e. The van der Waals surface area contributed by atoms with Crippen molar-refractivity contribution in [3.05, 3.63) is 70.8 Å². The van der Waals surface area contributed by atoms with Crippen LogP contribution >= 0.6 is 0 Å². The average molecular weight is 476 g/mol. The van der Waals surface area contributed by atoms with Gasteiger partial charge in [-0.2, -0.15) is 13.2 Å². The van der Waals surface area contributed by atoms with Gasteiger partial charge in [-0.15, -0.1) is 0 Å². The molecule has 3 heterocycles. The molecule has 0 saturated carbocycles. The molecule has 4 amide bonds. The van der Waals surface area contributed by atoms with Crippen LogP contribution in [-0.2, 0) is 22.3 Å². The Morgan fingerprint density at radius 2 is 1.94 bits per heavy atom. The van der Waals surface area contributed by atoms with Gasteiger partial charge < -0.3 is 20.0 Å². The highest BCUT2D eigenvalue weighted by Gasteiger charge is 2.43. The quantitative estimate of drug-likeness (QED) is 0.642. The number of furan rings is 1. The van der Waals surface area contributed by atoms with Crippen LogP contribution in [0.3, 0.4) is 0 Å². The number of hydrogen-bond donors (Lipinski definition) is 2. The molecule has 1 unspecified atom stereocenters. The second kappa shape index (κ2) is 9.24. The van der Waals surface area contributed by atoms with E-state index in [1.54, 1.807) is 19.1 Å². The number of hydrogen-bond acceptors (Lipinski definition) is 4. The molecule has 0 bridgehead atoms. The molecule has 1 atom stereocenters. The van der Waals surface area contributed by atoms with Crippen LogP contribution in [0.5, 0.6) is 0 Å². The van der Waals surface area contributed by atoms with Crippen molar-refractivity contribution in [2.24, 2.45) is 0 Å². The minimum absolute atomic E-state index is 0.0471. The van der Waals surface area contributed by atoms with Crippen molar-refractivity contribution in [3.8, 4) is 0 Å². The van der Waals surface area contributed by atoms with E-state index in [4.69, 9.17) is 4.42 Å². The summed E-state index contributed by atoms with van der Waals surface area (Å²) in [7, 11) is 0. The number of likely N-dealkylation sites (N-methyl/N-ethyl adjacent to an activating group) is 1. The van der Waals surface area contributed by atoms with Crippen molar-refractivity contribution >= 4 is 17.8 Å². The monoisotopic (exact) mass is 476 g/mol. The van der Waals surface area contributed by atoms with Gasteiger partial charge in [-0.25, -0.2) is 4.79 Å². The number of amides is 4. The predicted molar refractivity (Wildman–Crippen MR) is 114 cm³/mol. The molecule has 1 aromatic heterocycles. The molecule has 180 valence electrons. The van der Waals surface area contributed by atoms with Crippen molar-refractivity contribution in [1.29, 1.82) is 0 Å². The molecule has 0 fully saturated rings. The first-order valence-electron chi connectivity index (χ1n) is 10.8. The summed E-state index contributed by atoms with van der Waals surface area (Å²) in [5.41, 5.74) is 0.355. The van der Waals surface area contributed by atoms with E-state index in [0.717, 1.165) is 12.1 Å². The van der Waals surface area contributed by atoms with Gasteiger partial charge in [-0.05, 0) is 36.8 Å². The predicted octanol–water partition coefficient (Wildman–Crippen LogP) is 3.19. The van der Waals surface area contributed by atoms with Crippen LogP contribution in [0.25, 0.3) is 0 Å². The van der Waals surface area contributed by atoms with E-state index in [2.05, 4.69) is 10.6 Å². The van der Waals surface area contributed by atoms with E-state index >= 15 is 0 Å². The second-order valence-electron chi connectivity index (χ2n) is 7.94. The molecule has 2 aliphatic heterocycles. The fraction of sp³-hybridized carbons (Fsp3) is 0.348. The van der Waals surface area contributed by atoms with Gasteiger partial charge in [0.05, 0.1) is 42.2 Å². The van der Waals surface area contributed by atoms with Gasteiger partial charge in [0.2, 0.25) is 5.91 Å².